The van der Waals surface area contributed by atoms with Crippen molar-refractivity contribution in [1.82, 2.24) is 14.8 Å². The highest BCUT2D eigenvalue weighted by atomic mass is 35.5. The van der Waals surface area contributed by atoms with E-state index in [9.17, 15) is 5.11 Å². The van der Waals surface area contributed by atoms with Crippen LogP contribution in [0, 0.1) is 0 Å². The molecule has 4 rings (SSSR count). The first-order chi connectivity index (χ1) is 11.6. The Morgan fingerprint density at radius 2 is 2.25 bits per heavy atom. The molecule has 126 valence electrons. The van der Waals surface area contributed by atoms with Gasteiger partial charge in [-0.2, -0.15) is 5.10 Å². The van der Waals surface area contributed by atoms with Crippen molar-refractivity contribution in [1.29, 1.82) is 0 Å². The maximum atomic E-state index is 9.41. The van der Waals surface area contributed by atoms with Crippen molar-refractivity contribution in [3.05, 3.63) is 46.9 Å². The van der Waals surface area contributed by atoms with E-state index in [2.05, 4.69) is 10.1 Å². The van der Waals surface area contributed by atoms with E-state index >= 15 is 0 Å². The molecular weight excluding hydrogens is 357 g/mol. The number of aliphatic hydroxyl groups excluding tert-OH is 1. The molecule has 2 atom stereocenters. The fourth-order valence-electron chi connectivity index (χ4n) is 2.84. The van der Waals surface area contributed by atoms with E-state index in [0.717, 1.165) is 5.39 Å². The molecule has 1 N–H and O–H groups in total. The minimum Gasteiger partial charge on any atom is -0.462 e. The molecule has 2 unspecified atom stereocenters. The molecule has 0 saturated carbocycles. The highest BCUT2D eigenvalue weighted by molar-refractivity contribution is 6.38. The Bertz CT molecular complexity index is 867. The van der Waals surface area contributed by atoms with Crippen LogP contribution < -0.4 is 0 Å². The zero-order valence-electron chi connectivity index (χ0n) is 12.4. The molecule has 0 spiro atoms. The Balaban J connectivity index is 1.85. The van der Waals surface area contributed by atoms with E-state index in [1.165, 1.54) is 6.33 Å². The van der Waals surface area contributed by atoms with Crippen LogP contribution in [0.4, 0.5) is 0 Å². The highest BCUT2D eigenvalue weighted by Gasteiger charge is 2.48. The maximum absolute atomic E-state index is 9.41. The zero-order valence-corrected chi connectivity index (χ0v) is 13.9. The molecule has 1 fully saturated rings. The minimum absolute atomic E-state index is 0.169. The summed E-state index contributed by atoms with van der Waals surface area (Å²) >= 11 is 12.4. The molecule has 1 aliphatic heterocycles. The topological polar surface area (TPSA) is 82.5 Å². The van der Waals surface area contributed by atoms with Gasteiger partial charge in [-0.25, -0.2) is 9.67 Å². The maximum Gasteiger partial charge on any atom is 0.250 e. The van der Waals surface area contributed by atoms with Crippen molar-refractivity contribution < 1.29 is 19.0 Å². The van der Waals surface area contributed by atoms with Crippen LogP contribution in [-0.4, -0.2) is 39.2 Å². The van der Waals surface area contributed by atoms with Gasteiger partial charge >= 0.3 is 0 Å². The standard InChI is InChI=1S/C15H13Cl2N3O4/c16-10-1-9-4-22-14(13(9)12(17)2-10)15(6-20-8-18-7-19-20)23-5-11(3-21)24-15/h1-2,4,7-8,11,21H,3,5-6H2. The first-order valence-corrected chi connectivity index (χ1v) is 7.99. The lowest BCUT2D eigenvalue weighted by atomic mass is 10.1. The largest absolute Gasteiger partial charge is 0.462 e. The second-order valence-corrected chi connectivity index (χ2v) is 6.34. The second kappa shape index (κ2) is 6.02. The molecule has 0 radical (unpaired) electrons. The lowest BCUT2D eigenvalue weighted by molar-refractivity contribution is -0.201. The van der Waals surface area contributed by atoms with Crippen molar-refractivity contribution >= 4 is 34.0 Å². The number of halogens is 2. The number of aliphatic hydroxyl groups is 1. The van der Waals surface area contributed by atoms with Gasteiger partial charge in [0.15, 0.2) is 5.76 Å². The first kappa shape index (κ1) is 15.9. The van der Waals surface area contributed by atoms with Crippen LogP contribution in [0.1, 0.15) is 5.76 Å². The molecule has 0 bridgehead atoms. The van der Waals surface area contributed by atoms with E-state index in [4.69, 9.17) is 37.1 Å². The van der Waals surface area contributed by atoms with Crippen molar-refractivity contribution in [2.24, 2.45) is 0 Å². The van der Waals surface area contributed by atoms with E-state index in [-0.39, 0.29) is 19.8 Å². The predicted octanol–water partition coefficient (Wildman–Crippen LogP) is 2.59. The number of benzene rings is 1. The van der Waals surface area contributed by atoms with Crippen LogP contribution in [0.25, 0.3) is 10.8 Å². The van der Waals surface area contributed by atoms with Crippen LogP contribution in [0.15, 0.2) is 35.5 Å². The Morgan fingerprint density at radius 3 is 2.96 bits per heavy atom. The fraction of sp³-hybridized carbons (Fsp3) is 0.333. The van der Waals surface area contributed by atoms with Crippen LogP contribution in [0.5, 0.6) is 0 Å². The lowest BCUT2D eigenvalue weighted by Crippen LogP contribution is -2.34. The van der Waals surface area contributed by atoms with Crippen molar-refractivity contribution in [2.75, 3.05) is 13.2 Å². The summed E-state index contributed by atoms with van der Waals surface area (Å²) in [5.41, 5.74) is 0. The third-order valence-electron chi connectivity index (χ3n) is 3.86. The van der Waals surface area contributed by atoms with Crippen LogP contribution in [0.2, 0.25) is 10.0 Å². The number of furan rings is 1. The van der Waals surface area contributed by atoms with Crippen LogP contribution in [-0.2, 0) is 21.8 Å². The van der Waals surface area contributed by atoms with Crippen molar-refractivity contribution in [3.8, 4) is 0 Å². The monoisotopic (exact) mass is 369 g/mol. The molecule has 24 heavy (non-hydrogen) atoms. The van der Waals surface area contributed by atoms with E-state index in [0.29, 0.717) is 21.2 Å². The average molecular weight is 370 g/mol. The number of aromatic nitrogens is 3. The van der Waals surface area contributed by atoms with Gasteiger partial charge in [-0.05, 0) is 12.1 Å². The summed E-state index contributed by atoms with van der Waals surface area (Å²) in [5.74, 6) is -0.856. The molecule has 2 aromatic heterocycles. The van der Waals surface area contributed by atoms with E-state index in [1.54, 1.807) is 29.4 Å². The molecular formula is C15H13Cl2N3O4. The summed E-state index contributed by atoms with van der Waals surface area (Å²) in [6.07, 6.45) is 4.04. The van der Waals surface area contributed by atoms with Gasteiger partial charge in [0.1, 0.15) is 25.3 Å². The number of fused-ring (bicyclic) bond motifs is 1. The Kier molecular flexibility index (Phi) is 3.98. The van der Waals surface area contributed by atoms with Gasteiger partial charge in [0.25, 0.3) is 0 Å². The summed E-state index contributed by atoms with van der Waals surface area (Å²) < 4.78 is 19.2. The highest BCUT2D eigenvalue weighted by Crippen LogP contribution is 2.43. The first-order valence-electron chi connectivity index (χ1n) is 7.23. The molecule has 9 heteroatoms. The molecule has 3 heterocycles. The second-order valence-electron chi connectivity index (χ2n) is 5.50. The van der Waals surface area contributed by atoms with Gasteiger partial charge in [-0.3, -0.25) is 0 Å². The SMILES string of the molecule is OCC1COC(Cn2cncn2)(c2occ3cc(Cl)cc(Cl)c23)O1. The molecule has 1 saturated heterocycles. The van der Waals surface area contributed by atoms with Gasteiger partial charge in [-0.1, -0.05) is 23.2 Å². The Morgan fingerprint density at radius 1 is 1.38 bits per heavy atom. The van der Waals surface area contributed by atoms with Gasteiger partial charge in [0.05, 0.1) is 24.5 Å². The van der Waals surface area contributed by atoms with Crippen LogP contribution >= 0.6 is 23.2 Å². The minimum atomic E-state index is -1.26. The van der Waals surface area contributed by atoms with E-state index < -0.39 is 11.9 Å². The number of hydrogen-bond acceptors (Lipinski definition) is 6. The number of hydrogen-bond donors (Lipinski definition) is 1. The average Bonchev–Trinajstić information content (AvgIpc) is 3.26. The Hall–Kier alpha value is -1.64. The van der Waals surface area contributed by atoms with Gasteiger partial charge < -0.3 is 19.0 Å². The molecule has 3 aromatic rings. The molecule has 0 amide bonds. The smallest absolute Gasteiger partial charge is 0.250 e. The van der Waals surface area contributed by atoms with E-state index in [1.807, 2.05) is 0 Å². The number of ether oxygens (including phenoxy) is 2. The van der Waals surface area contributed by atoms with Gasteiger partial charge in [0.2, 0.25) is 5.79 Å². The van der Waals surface area contributed by atoms with Crippen LogP contribution in [0.3, 0.4) is 0 Å². The predicted molar refractivity (Wildman–Crippen MR) is 85.8 cm³/mol. The van der Waals surface area contributed by atoms with Gasteiger partial charge in [0, 0.05) is 15.8 Å². The fourth-order valence-corrected chi connectivity index (χ4v) is 3.44. The third kappa shape index (κ3) is 2.58. The summed E-state index contributed by atoms with van der Waals surface area (Å²) in [6.45, 7) is 0.251. The lowest BCUT2D eigenvalue weighted by Gasteiger charge is -2.26. The molecule has 1 aliphatic rings. The van der Waals surface area contributed by atoms with Crippen molar-refractivity contribution in [3.63, 3.8) is 0 Å². The molecule has 1 aromatic carbocycles. The summed E-state index contributed by atoms with van der Waals surface area (Å²) in [6, 6.07) is 3.38. The summed E-state index contributed by atoms with van der Waals surface area (Å²) in [5, 5.41) is 15.8. The molecule has 0 aliphatic carbocycles. The van der Waals surface area contributed by atoms with Gasteiger partial charge in [-0.15, -0.1) is 0 Å². The third-order valence-corrected chi connectivity index (χ3v) is 4.38. The summed E-state index contributed by atoms with van der Waals surface area (Å²) in [7, 11) is 0. The van der Waals surface area contributed by atoms with Crippen molar-refractivity contribution in [2.45, 2.75) is 18.4 Å². The molecule has 7 nitrogen and oxygen atoms in total. The summed E-state index contributed by atoms with van der Waals surface area (Å²) in [4.78, 5) is 3.92. The zero-order chi connectivity index (χ0) is 16.7. The number of rotatable bonds is 4. The normalized spacial score (nSPS) is 24.0. The number of nitrogens with zero attached hydrogens (tertiary/aromatic N) is 3. The quantitative estimate of drug-likeness (QED) is 0.760. The Labute approximate surface area is 146 Å².